The highest BCUT2D eigenvalue weighted by molar-refractivity contribution is 8.00. The van der Waals surface area contributed by atoms with Crippen molar-refractivity contribution in [2.24, 2.45) is 5.92 Å². The van der Waals surface area contributed by atoms with Crippen LogP contribution in [0.4, 0.5) is 0 Å². The van der Waals surface area contributed by atoms with E-state index < -0.39 is 0 Å². The van der Waals surface area contributed by atoms with Crippen LogP contribution in [-0.4, -0.2) is 25.9 Å². The maximum atomic E-state index is 5.96. The molecule has 1 aromatic rings. The van der Waals surface area contributed by atoms with Crippen LogP contribution in [0.5, 0.6) is 11.5 Å². The van der Waals surface area contributed by atoms with Gasteiger partial charge < -0.3 is 9.47 Å². The van der Waals surface area contributed by atoms with E-state index in [1.165, 1.54) is 36.1 Å². The highest BCUT2D eigenvalue weighted by Gasteiger charge is 2.38. The fraction of sp³-hybridized carbons (Fsp3) is 0.684. The van der Waals surface area contributed by atoms with Crippen molar-refractivity contribution in [1.29, 1.82) is 0 Å². The van der Waals surface area contributed by atoms with E-state index in [4.69, 9.17) is 21.1 Å². The number of hydrogen-bond acceptors (Lipinski definition) is 3. The molecule has 0 N–H and O–H groups in total. The molecule has 0 amide bonds. The third kappa shape index (κ3) is 3.93. The van der Waals surface area contributed by atoms with Gasteiger partial charge in [-0.3, -0.25) is 0 Å². The van der Waals surface area contributed by atoms with Gasteiger partial charge in [0.05, 0.1) is 14.2 Å². The number of aryl methyl sites for hydroxylation is 1. The lowest BCUT2D eigenvalue weighted by Crippen LogP contribution is -2.29. The summed E-state index contributed by atoms with van der Waals surface area (Å²) in [7, 11) is 3.43. The molecule has 23 heavy (non-hydrogen) atoms. The van der Waals surface area contributed by atoms with Crippen LogP contribution >= 0.6 is 23.4 Å². The molecule has 0 bridgehead atoms. The summed E-state index contributed by atoms with van der Waals surface area (Å²) in [6.07, 6.45) is 5.77. The fourth-order valence-corrected chi connectivity index (χ4v) is 5.48. The van der Waals surface area contributed by atoms with E-state index in [1.807, 2.05) is 0 Å². The molecule has 0 aromatic heterocycles. The first-order valence-corrected chi connectivity index (χ1v) is 10.1. The molecule has 0 saturated heterocycles. The van der Waals surface area contributed by atoms with Gasteiger partial charge in [-0.15, -0.1) is 11.6 Å². The van der Waals surface area contributed by atoms with Crippen molar-refractivity contribution in [3.05, 3.63) is 23.3 Å². The van der Waals surface area contributed by atoms with Gasteiger partial charge >= 0.3 is 0 Å². The molecule has 2 nitrogen and oxygen atoms in total. The molecular weight excluding hydrogens is 328 g/mol. The van der Waals surface area contributed by atoms with E-state index in [2.05, 4.69) is 37.7 Å². The summed E-state index contributed by atoms with van der Waals surface area (Å²) in [5.74, 6) is 4.26. The number of hydrogen-bond donors (Lipinski definition) is 0. The molecule has 0 radical (unpaired) electrons. The van der Waals surface area contributed by atoms with Gasteiger partial charge in [0.25, 0.3) is 0 Å². The number of benzene rings is 1. The van der Waals surface area contributed by atoms with E-state index in [0.717, 1.165) is 30.2 Å². The van der Waals surface area contributed by atoms with E-state index in [9.17, 15) is 0 Å². The lowest BCUT2D eigenvalue weighted by Gasteiger charge is -2.38. The third-order valence-corrected chi connectivity index (χ3v) is 7.01. The van der Waals surface area contributed by atoms with Crippen LogP contribution < -0.4 is 9.47 Å². The van der Waals surface area contributed by atoms with Gasteiger partial charge in [-0.05, 0) is 67.5 Å². The predicted octanol–water partition coefficient (Wildman–Crippen LogP) is 5.64. The van der Waals surface area contributed by atoms with Crippen LogP contribution in [0.2, 0.25) is 0 Å². The Balaban J connectivity index is 2.50. The Kier molecular flexibility index (Phi) is 6.97. The van der Waals surface area contributed by atoms with Crippen LogP contribution in [0.15, 0.2) is 12.1 Å². The van der Waals surface area contributed by atoms with Crippen LogP contribution in [0.1, 0.15) is 50.7 Å². The van der Waals surface area contributed by atoms with Gasteiger partial charge in [-0.1, -0.05) is 13.3 Å². The zero-order valence-corrected chi connectivity index (χ0v) is 16.4. The second kappa shape index (κ2) is 8.53. The van der Waals surface area contributed by atoms with Crippen molar-refractivity contribution in [3.63, 3.8) is 0 Å². The summed E-state index contributed by atoms with van der Waals surface area (Å²) < 4.78 is 11.2. The van der Waals surface area contributed by atoms with E-state index in [-0.39, 0.29) is 4.75 Å². The standard InChI is InChI=1S/C19H29ClO2S/c1-5-15(9-6-10-20)19(2)16-13-18(22-4)17(21-3)12-14(16)8-7-11-23-19/h12-13,15H,5-11H2,1-4H3. The number of halogens is 1. The Morgan fingerprint density at radius 1 is 1.26 bits per heavy atom. The van der Waals surface area contributed by atoms with Crippen LogP contribution in [-0.2, 0) is 11.2 Å². The molecule has 0 fully saturated rings. The summed E-state index contributed by atoms with van der Waals surface area (Å²) in [6.45, 7) is 4.71. The summed E-state index contributed by atoms with van der Waals surface area (Å²) in [6, 6.07) is 4.41. The Labute approximate surface area is 150 Å². The third-order valence-electron chi connectivity index (χ3n) is 5.09. The van der Waals surface area contributed by atoms with Crippen LogP contribution in [0.25, 0.3) is 0 Å². The Morgan fingerprint density at radius 2 is 1.96 bits per heavy atom. The molecule has 2 unspecified atom stereocenters. The van der Waals surface area contributed by atoms with Gasteiger partial charge in [0.15, 0.2) is 11.5 Å². The summed E-state index contributed by atoms with van der Waals surface area (Å²) in [5.41, 5.74) is 2.85. The number of methoxy groups -OCH3 is 2. The van der Waals surface area contributed by atoms with E-state index in [0.29, 0.717) is 5.92 Å². The Hall–Kier alpha value is -0.540. The number of fused-ring (bicyclic) bond motifs is 1. The minimum absolute atomic E-state index is 0.117. The maximum Gasteiger partial charge on any atom is 0.161 e. The van der Waals surface area contributed by atoms with Crippen molar-refractivity contribution in [1.82, 2.24) is 0 Å². The summed E-state index contributed by atoms with van der Waals surface area (Å²) >= 11 is 8.07. The minimum atomic E-state index is 0.117. The normalized spacial score (nSPS) is 22.1. The molecule has 0 saturated carbocycles. The molecule has 4 heteroatoms. The van der Waals surface area contributed by atoms with E-state index >= 15 is 0 Å². The van der Waals surface area contributed by atoms with Crippen molar-refractivity contribution in [2.75, 3.05) is 25.9 Å². The first-order valence-electron chi connectivity index (χ1n) is 8.56. The second-order valence-corrected chi connectivity index (χ2v) is 8.28. The van der Waals surface area contributed by atoms with Crippen molar-refractivity contribution in [2.45, 2.75) is 50.7 Å². The van der Waals surface area contributed by atoms with Crippen molar-refractivity contribution in [3.8, 4) is 11.5 Å². The summed E-state index contributed by atoms with van der Waals surface area (Å²) in [4.78, 5) is 0. The number of thioether (sulfide) groups is 1. The number of alkyl halides is 1. The molecule has 1 heterocycles. The first-order chi connectivity index (χ1) is 11.1. The van der Waals surface area contributed by atoms with Crippen LogP contribution in [0, 0.1) is 5.92 Å². The quantitative estimate of drug-likeness (QED) is 0.588. The van der Waals surface area contributed by atoms with Gasteiger partial charge in [-0.2, -0.15) is 11.8 Å². The monoisotopic (exact) mass is 356 g/mol. The van der Waals surface area contributed by atoms with Gasteiger partial charge in [-0.25, -0.2) is 0 Å². The number of rotatable bonds is 7. The molecule has 1 aromatic carbocycles. The molecular formula is C19H29ClO2S. The smallest absolute Gasteiger partial charge is 0.161 e. The highest BCUT2D eigenvalue weighted by Crippen LogP contribution is 2.51. The SMILES string of the molecule is CCC(CCCCl)C1(C)SCCCc2cc(OC)c(OC)cc21. The first kappa shape index (κ1) is 18.8. The zero-order valence-electron chi connectivity index (χ0n) is 14.8. The molecule has 2 rings (SSSR count). The topological polar surface area (TPSA) is 18.5 Å². The van der Waals surface area contributed by atoms with Gasteiger partial charge in [0, 0.05) is 10.6 Å². The fourth-order valence-electron chi connectivity index (χ4n) is 3.74. The molecule has 2 atom stereocenters. The minimum Gasteiger partial charge on any atom is -0.493 e. The average molecular weight is 357 g/mol. The lowest BCUT2D eigenvalue weighted by atomic mass is 9.79. The zero-order chi connectivity index (χ0) is 16.9. The second-order valence-electron chi connectivity index (χ2n) is 6.36. The Bertz CT molecular complexity index is 520. The molecule has 0 aliphatic carbocycles. The molecule has 130 valence electrons. The average Bonchev–Trinajstić information content (AvgIpc) is 2.74. The van der Waals surface area contributed by atoms with Crippen molar-refractivity contribution >= 4 is 23.4 Å². The predicted molar refractivity (Wildman–Crippen MR) is 101 cm³/mol. The van der Waals surface area contributed by atoms with Crippen LogP contribution in [0.3, 0.4) is 0 Å². The van der Waals surface area contributed by atoms with E-state index in [1.54, 1.807) is 14.2 Å². The van der Waals surface area contributed by atoms with Gasteiger partial charge in [0.2, 0.25) is 0 Å². The molecule has 1 aliphatic rings. The Morgan fingerprint density at radius 3 is 2.57 bits per heavy atom. The highest BCUT2D eigenvalue weighted by atomic mass is 35.5. The maximum absolute atomic E-state index is 5.96. The van der Waals surface area contributed by atoms with Crippen molar-refractivity contribution < 1.29 is 9.47 Å². The number of ether oxygens (including phenoxy) is 2. The molecule has 0 spiro atoms. The molecule has 1 aliphatic heterocycles. The largest absolute Gasteiger partial charge is 0.493 e. The lowest BCUT2D eigenvalue weighted by molar-refractivity contribution is 0.346. The van der Waals surface area contributed by atoms with Gasteiger partial charge in [0.1, 0.15) is 0 Å². The summed E-state index contributed by atoms with van der Waals surface area (Å²) in [5, 5.41) is 0.